The molecule has 1 aliphatic carbocycles. The van der Waals surface area contributed by atoms with Crippen LogP contribution < -0.4 is 5.32 Å². The monoisotopic (exact) mass is 522 g/mol. The van der Waals surface area contributed by atoms with Crippen molar-refractivity contribution in [2.45, 2.75) is 23.3 Å². The molecule has 3 atom stereocenters. The van der Waals surface area contributed by atoms with Crippen LogP contribution in [0.1, 0.15) is 29.5 Å². The van der Waals surface area contributed by atoms with Gasteiger partial charge in [-0.05, 0) is 76.4 Å². The zero-order chi connectivity index (χ0) is 20.0. The Hall–Kier alpha value is -1.42. The van der Waals surface area contributed by atoms with Gasteiger partial charge in [-0.1, -0.05) is 24.3 Å². The van der Waals surface area contributed by atoms with Gasteiger partial charge in [0.2, 0.25) is 10.0 Å². The molecule has 0 spiro atoms. The predicted octanol–water partition coefficient (Wildman–Crippen LogP) is 4.14. The standard InChI is InChI=1S/C22H23IN2O3S/c23-16-6-9-21-20(14-16)18-2-1-3-19(18)22(24-21)15-4-7-17(8-5-15)29(26,27)25-10-12-28-13-11-25/h1-2,4-9,14,18-19,22,24H,3,10-13H2/t18?,19?,22-/m0/s1. The molecule has 1 N–H and O–H groups in total. The number of hydrogen-bond acceptors (Lipinski definition) is 4. The number of nitrogens with one attached hydrogen (secondary N) is 1. The van der Waals surface area contributed by atoms with Crippen LogP contribution in [0.4, 0.5) is 5.69 Å². The van der Waals surface area contributed by atoms with Crippen molar-refractivity contribution in [2.75, 3.05) is 31.6 Å². The second kappa shape index (κ2) is 7.68. The molecular weight excluding hydrogens is 499 g/mol. The summed E-state index contributed by atoms with van der Waals surface area (Å²) in [5.74, 6) is 0.852. The normalized spacial score (nSPS) is 26.6. The highest BCUT2D eigenvalue weighted by Gasteiger charge is 2.38. The van der Waals surface area contributed by atoms with Gasteiger partial charge in [0.1, 0.15) is 0 Å². The van der Waals surface area contributed by atoms with Crippen LogP contribution in [0.25, 0.3) is 0 Å². The van der Waals surface area contributed by atoms with Crippen LogP contribution in [-0.4, -0.2) is 39.0 Å². The summed E-state index contributed by atoms with van der Waals surface area (Å²) in [5.41, 5.74) is 3.67. The fraction of sp³-hybridized carbons (Fsp3) is 0.364. The molecule has 0 radical (unpaired) electrons. The number of fused-ring (bicyclic) bond motifs is 3. The fourth-order valence-electron chi connectivity index (χ4n) is 4.68. The number of benzene rings is 2. The molecule has 152 valence electrons. The van der Waals surface area contributed by atoms with Gasteiger partial charge in [-0.3, -0.25) is 0 Å². The van der Waals surface area contributed by atoms with Gasteiger partial charge in [-0.2, -0.15) is 4.31 Å². The number of allylic oxidation sites excluding steroid dienone is 2. The van der Waals surface area contributed by atoms with E-state index in [9.17, 15) is 8.42 Å². The van der Waals surface area contributed by atoms with E-state index in [2.05, 4.69) is 58.3 Å². The SMILES string of the molecule is O=S(=O)(c1ccc([C@@H]2Nc3ccc(I)cc3C3C=CCC32)cc1)N1CCOCC1. The van der Waals surface area contributed by atoms with E-state index in [1.807, 2.05) is 12.1 Å². The molecule has 1 fully saturated rings. The number of sulfonamides is 1. The maximum absolute atomic E-state index is 12.9. The van der Waals surface area contributed by atoms with Crippen LogP contribution in [0, 0.1) is 9.49 Å². The van der Waals surface area contributed by atoms with Crippen molar-refractivity contribution in [3.63, 3.8) is 0 Å². The number of ether oxygens (including phenoxy) is 1. The van der Waals surface area contributed by atoms with Gasteiger partial charge in [0.25, 0.3) is 0 Å². The number of nitrogens with zero attached hydrogens (tertiary/aromatic N) is 1. The van der Waals surface area contributed by atoms with E-state index in [1.165, 1.54) is 19.1 Å². The molecule has 0 saturated carbocycles. The summed E-state index contributed by atoms with van der Waals surface area (Å²) in [5, 5.41) is 3.71. The zero-order valence-corrected chi connectivity index (χ0v) is 18.9. The molecule has 5 rings (SSSR count). The van der Waals surface area contributed by atoms with Crippen molar-refractivity contribution in [3.8, 4) is 0 Å². The van der Waals surface area contributed by atoms with E-state index in [4.69, 9.17) is 4.74 Å². The third-order valence-electron chi connectivity index (χ3n) is 6.17. The third kappa shape index (κ3) is 3.52. The Labute approximate surface area is 185 Å². The van der Waals surface area contributed by atoms with Gasteiger partial charge < -0.3 is 10.1 Å². The van der Waals surface area contributed by atoms with Crippen molar-refractivity contribution in [3.05, 3.63) is 69.3 Å². The number of rotatable bonds is 3. The fourth-order valence-corrected chi connectivity index (χ4v) is 6.60. The Morgan fingerprint density at radius 3 is 2.59 bits per heavy atom. The van der Waals surface area contributed by atoms with E-state index >= 15 is 0 Å². The van der Waals surface area contributed by atoms with Crippen molar-refractivity contribution in [1.82, 2.24) is 4.31 Å². The third-order valence-corrected chi connectivity index (χ3v) is 8.76. The molecule has 2 heterocycles. The van der Waals surface area contributed by atoms with Gasteiger partial charge in [0, 0.05) is 28.3 Å². The second-order valence-corrected chi connectivity index (χ2v) is 11.0. The molecule has 2 unspecified atom stereocenters. The van der Waals surface area contributed by atoms with Crippen molar-refractivity contribution < 1.29 is 13.2 Å². The molecule has 7 heteroatoms. The maximum atomic E-state index is 12.9. The predicted molar refractivity (Wildman–Crippen MR) is 122 cm³/mol. The number of halogens is 1. The Kier molecular flexibility index (Phi) is 5.18. The first kappa shape index (κ1) is 19.5. The van der Waals surface area contributed by atoms with E-state index in [0.29, 0.717) is 43.0 Å². The summed E-state index contributed by atoms with van der Waals surface area (Å²) in [7, 11) is -3.46. The molecule has 2 aromatic rings. The molecule has 2 aromatic carbocycles. The second-order valence-electron chi connectivity index (χ2n) is 7.79. The minimum Gasteiger partial charge on any atom is -0.379 e. The molecule has 0 bridgehead atoms. The lowest BCUT2D eigenvalue weighted by atomic mass is 9.77. The van der Waals surface area contributed by atoms with Crippen LogP contribution >= 0.6 is 22.6 Å². The first-order chi connectivity index (χ1) is 14.0. The molecule has 5 nitrogen and oxygen atoms in total. The lowest BCUT2D eigenvalue weighted by molar-refractivity contribution is 0.0730. The topological polar surface area (TPSA) is 58.6 Å². The lowest BCUT2D eigenvalue weighted by Gasteiger charge is -2.37. The van der Waals surface area contributed by atoms with Crippen LogP contribution in [-0.2, 0) is 14.8 Å². The Bertz CT molecular complexity index is 1050. The highest BCUT2D eigenvalue weighted by molar-refractivity contribution is 14.1. The van der Waals surface area contributed by atoms with Gasteiger partial charge >= 0.3 is 0 Å². The van der Waals surface area contributed by atoms with Crippen LogP contribution in [0.15, 0.2) is 59.5 Å². The Morgan fingerprint density at radius 1 is 1.07 bits per heavy atom. The summed E-state index contributed by atoms with van der Waals surface area (Å²) >= 11 is 2.37. The highest BCUT2D eigenvalue weighted by atomic mass is 127. The smallest absolute Gasteiger partial charge is 0.243 e. The highest BCUT2D eigenvalue weighted by Crippen LogP contribution is 2.50. The van der Waals surface area contributed by atoms with Crippen LogP contribution in [0.2, 0.25) is 0 Å². The minimum absolute atomic E-state index is 0.169. The zero-order valence-electron chi connectivity index (χ0n) is 15.9. The average molecular weight is 522 g/mol. The number of hydrogen-bond donors (Lipinski definition) is 1. The first-order valence-corrected chi connectivity index (χ1v) is 12.5. The summed E-state index contributed by atoms with van der Waals surface area (Å²) < 4.78 is 33.8. The van der Waals surface area contributed by atoms with Gasteiger partial charge in [0.15, 0.2) is 0 Å². The lowest BCUT2D eigenvalue weighted by Crippen LogP contribution is -2.40. The summed E-state index contributed by atoms with van der Waals surface area (Å²) in [6.45, 7) is 1.74. The molecule has 2 aliphatic heterocycles. The van der Waals surface area contributed by atoms with E-state index < -0.39 is 10.0 Å². The average Bonchev–Trinajstić information content (AvgIpc) is 3.24. The van der Waals surface area contributed by atoms with Gasteiger partial charge in [-0.15, -0.1) is 0 Å². The van der Waals surface area contributed by atoms with E-state index in [0.717, 1.165) is 12.0 Å². The van der Waals surface area contributed by atoms with Gasteiger partial charge in [0.05, 0.1) is 24.2 Å². The number of anilines is 1. The molecule has 1 saturated heterocycles. The van der Waals surface area contributed by atoms with Gasteiger partial charge in [-0.25, -0.2) is 8.42 Å². The van der Waals surface area contributed by atoms with E-state index in [-0.39, 0.29) is 6.04 Å². The summed E-state index contributed by atoms with van der Waals surface area (Å²) in [4.78, 5) is 0.356. The van der Waals surface area contributed by atoms with Crippen LogP contribution in [0.5, 0.6) is 0 Å². The summed E-state index contributed by atoms with van der Waals surface area (Å²) in [6, 6.07) is 14.2. The first-order valence-electron chi connectivity index (χ1n) is 9.94. The molecule has 3 aliphatic rings. The quantitative estimate of drug-likeness (QED) is 0.487. The molecule has 0 aromatic heterocycles. The number of morpholine rings is 1. The molecular formula is C22H23IN2O3S. The largest absolute Gasteiger partial charge is 0.379 e. The molecule has 29 heavy (non-hydrogen) atoms. The van der Waals surface area contributed by atoms with Crippen molar-refractivity contribution >= 4 is 38.3 Å². The maximum Gasteiger partial charge on any atom is 0.243 e. The van der Waals surface area contributed by atoms with Crippen LogP contribution in [0.3, 0.4) is 0 Å². The Morgan fingerprint density at radius 2 is 1.83 bits per heavy atom. The Balaban J connectivity index is 1.44. The molecule has 0 amide bonds. The minimum atomic E-state index is -3.46. The summed E-state index contributed by atoms with van der Waals surface area (Å²) in [6.07, 6.45) is 5.63. The van der Waals surface area contributed by atoms with Crippen molar-refractivity contribution in [1.29, 1.82) is 0 Å². The van der Waals surface area contributed by atoms with E-state index in [1.54, 1.807) is 12.1 Å². The van der Waals surface area contributed by atoms with Crippen molar-refractivity contribution in [2.24, 2.45) is 5.92 Å².